The van der Waals surface area contributed by atoms with Crippen molar-refractivity contribution in [2.75, 3.05) is 50.9 Å². The van der Waals surface area contributed by atoms with Gasteiger partial charge in [-0.3, -0.25) is 9.59 Å². The molecule has 6 rings (SSSR count). The van der Waals surface area contributed by atoms with E-state index >= 15 is 4.39 Å². The Hall–Kier alpha value is -3.41. The predicted molar refractivity (Wildman–Crippen MR) is 151 cm³/mol. The Morgan fingerprint density at radius 2 is 2.00 bits per heavy atom. The van der Waals surface area contributed by atoms with Crippen LogP contribution in [0.25, 0.3) is 11.3 Å². The van der Waals surface area contributed by atoms with E-state index in [2.05, 4.69) is 25.7 Å². The molecule has 0 aliphatic carbocycles. The zero-order chi connectivity index (χ0) is 29.1. The molecule has 2 atom stereocenters. The normalized spacial score (nSPS) is 23.8. The number of aromatic hydroxyl groups is 1. The fraction of sp³-hybridized carbons (Fsp3) is 0.483. The summed E-state index contributed by atoms with van der Waals surface area (Å²) in [6.07, 6.45) is 2.02. The van der Waals surface area contributed by atoms with Crippen molar-refractivity contribution in [1.82, 2.24) is 20.1 Å². The highest BCUT2D eigenvalue weighted by Crippen LogP contribution is 2.48. The van der Waals surface area contributed by atoms with Gasteiger partial charge < -0.3 is 34.6 Å². The monoisotopic (exact) mass is 585 g/mol. The van der Waals surface area contributed by atoms with Crippen LogP contribution in [0.5, 0.6) is 11.5 Å². The van der Waals surface area contributed by atoms with Crippen LogP contribution in [0.2, 0.25) is 5.02 Å². The Labute approximate surface area is 242 Å². The largest absolute Gasteiger partial charge is 0.507 e. The molecule has 0 bridgehead atoms. The first-order valence-electron chi connectivity index (χ1n) is 13.8. The van der Waals surface area contributed by atoms with E-state index in [4.69, 9.17) is 26.1 Å². The maximum atomic E-state index is 15.2. The van der Waals surface area contributed by atoms with Gasteiger partial charge in [-0.15, -0.1) is 0 Å². The quantitative estimate of drug-likeness (QED) is 0.516. The first kappa shape index (κ1) is 27.7. The molecule has 1 aromatic carbocycles. The molecule has 4 aliphatic rings. The highest BCUT2D eigenvalue weighted by molar-refractivity contribution is 6.35. The number of halogens is 2. The van der Waals surface area contributed by atoms with Gasteiger partial charge in [0.1, 0.15) is 40.3 Å². The second-order valence-corrected chi connectivity index (χ2v) is 12.0. The van der Waals surface area contributed by atoms with Crippen LogP contribution in [-0.4, -0.2) is 101 Å². The van der Waals surface area contributed by atoms with Crippen LogP contribution in [0, 0.1) is 5.82 Å². The molecule has 218 valence electrons. The van der Waals surface area contributed by atoms with Gasteiger partial charge in [-0.2, -0.15) is 0 Å². The molecule has 0 spiro atoms. The minimum absolute atomic E-state index is 0.00764. The van der Waals surface area contributed by atoms with Crippen molar-refractivity contribution >= 4 is 29.2 Å². The van der Waals surface area contributed by atoms with Gasteiger partial charge in [0.05, 0.1) is 30.9 Å². The lowest BCUT2D eigenvalue weighted by Gasteiger charge is -2.40. The van der Waals surface area contributed by atoms with E-state index < -0.39 is 17.4 Å². The van der Waals surface area contributed by atoms with Gasteiger partial charge >= 0.3 is 0 Å². The number of anilines is 1. The number of hydrogen-bond donors (Lipinski definition) is 2. The molecular formula is C29H33ClFN5O5. The van der Waals surface area contributed by atoms with Crippen molar-refractivity contribution < 1.29 is 28.6 Å². The van der Waals surface area contributed by atoms with E-state index in [1.165, 1.54) is 24.3 Å². The van der Waals surface area contributed by atoms with Crippen molar-refractivity contribution in [3.05, 3.63) is 47.3 Å². The summed E-state index contributed by atoms with van der Waals surface area (Å²) in [5.74, 6) is -1.16. The number of nitrogens with one attached hydrogen (secondary N) is 1. The standard InChI is InChI=1S/C29H33ClFN5O5/c1-4-21(38)34-8-9-35-18(12-34)15-41-26-23(28(35)39)27(33-25(24(26)30)22-19(31)6-5-7-20(22)37)36-11-16(10-29(36,2)3)32-17-13-40-14-17/h4-7,16-18,32,37H,1,8-15H2,2-3H3/t16?,18-/m1/s1. The summed E-state index contributed by atoms with van der Waals surface area (Å²) in [7, 11) is 0. The second kappa shape index (κ2) is 10.5. The zero-order valence-corrected chi connectivity index (χ0v) is 23.8. The smallest absolute Gasteiger partial charge is 0.261 e. The van der Waals surface area contributed by atoms with Gasteiger partial charge in [-0.1, -0.05) is 24.2 Å². The number of phenolic OH excluding ortho intramolecular Hbond substituents is 1. The lowest BCUT2D eigenvalue weighted by Crippen LogP contribution is -2.57. The van der Waals surface area contributed by atoms with E-state index in [9.17, 15) is 14.7 Å². The van der Waals surface area contributed by atoms with Gasteiger partial charge in [0.15, 0.2) is 5.75 Å². The third-order valence-corrected chi connectivity index (χ3v) is 8.76. The van der Waals surface area contributed by atoms with Crippen LogP contribution in [0.1, 0.15) is 30.6 Å². The number of aromatic nitrogens is 1. The fourth-order valence-electron chi connectivity index (χ4n) is 6.28. The predicted octanol–water partition coefficient (Wildman–Crippen LogP) is 2.82. The average Bonchev–Trinajstić information content (AvgIpc) is 3.14. The SMILES string of the molecule is C=CC(=O)N1CCN2C(=O)c3c(N4CC(NC5COC5)CC4(C)C)nc(-c4c(O)cccc4F)c(Cl)c3OC[C@H]2C1. The number of benzene rings is 1. The Morgan fingerprint density at radius 3 is 2.68 bits per heavy atom. The van der Waals surface area contributed by atoms with Crippen molar-refractivity contribution in [1.29, 1.82) is 0 Å². The lowest BCUT2D eigenvalue weighted by molar-refractivity contribution is -0.128. The molecule has 12 heteroatoms. The van der Waals surface area contributed by atoms with E-state index in [0.717, 1.165) is 6.42 Å². The van der Waals surface area contributed by atoms with E-state index in [-0.39, 0.29) is 70.4 Å². The van der Waals surface area contributed by atoms with Crippen LogP contribution in [0.4, 0.5) is 10.2 Å². The van der Waals surface area contributed by atoms with Gasteiger partial charge in [0.25, 0.3) is 5.91 Å². The summed E-state index contributed by atoms with van der Waals surface area (Å²) in [4.78, 5) is 36.8. The highest BCUT2D eigenvalue weighted by atomic mass is 35.5. The Bertz CT molecular complexity index is 1400. The molecular weight excluding hydrogens is 553 g/mol. The summed E-state index contributed by atoms with van der Waals surface area (Å²) in [6.45, 7) is 10.5. The first-order valence-corrected chi connectivity index (χ1v) is 14.1. The Kier molecular flexibility index (Phi) is 7.07. The second-order valence-electron chi connectivity index (χ2n) is 11.6. The number of phenols is 1. The molecule has 3 saturated heterocycles. The van der Waals surface area contributed by atoms with Gasteiger partial charge in [0.2, 0.25) is 5.91 Å². The number of pyridine rings is 1. The van der Waals surface area contributed by atoms with E-state index in [1.54, 1.807) is 9.80 Å². The van der Waals surface area contributed by atoms with Crippen LogP contribution < -0.4 is 15.0 Å². The molecule has 4 aliphatic heterocycles. The summed E-state index contributed by atoms with van der Waals surface area (Å²) in [5.41, 5.74) is -0.416. The molecule has 0 radical (unpaired) electrons. The van der Waals surface area contributed by atoms with Crippen molar-refractivity contribution in [2.24, 2.45) is 0 Å². The third-order valence-electron chi connectivity index (χ3n) is 8.41. The van der Waals surface area contributed by atoms with Crippen molar-refractivity contribution in [2.45, 2.75) is 43.9 Å². The van der Waals surface area contributed by atoms with E-state index in [1.807, 2.05) is 4.90 Å². The summed E-state index contributed by atoms with van der Waals surface area (Å²) in [6, 6.07) is 3.90. The Balaban J connectivity index is 1.48. The van der Waals surface area contributed by atoms with Gasteiger partial charge in [0, 0.05) is 37.8 Å². The van der Waals surface area contributed by atoms with Crippen molar-refractivity contribution in [3.63, 3.8) is 0 Å². The van der Waals surface area contributed by atoms with Crippen LogP contribution in [-0.2, 0) is 9.53 Å². The lowest BCUT2D eigenvalue weighted by atomic mass is 9.98. The molecule has 3 fully saturated rings. The molecule has 10 nitrogen and oxygen atoms in total. The number of fused-ring (bicyclic) bond motifs is 2. The number of piperazine rings is 1. The summed E-state index contributed by atoms with van der Waals surface area (Å²) < 4.78 is 26.7. The van der Waals surface area contributed by atoms with Crippen LogP contribution >= 0.6 is 11.6 Å². The molecule has 41 heavy (non-hydrogen) atoms. The van der Waals surface area contributed by atoms with Crippen LogP contribution in [0.15, 0.2) is 30.9 Å². The topological polar surface area (TPSA) is 107 Å². The van der Waals surface area contributed by atoms with Crippen molar-refractivity contribution in [3.8, 4) is 22.8 Å². The molecule has 5 heterocycles. The van der Waals surface area contributed by atoms with E-state index in [0.29, 0.717) is 38.7 Å². The Morgan fingerprint density at radius 1 is 1.22 bits per heavy atom. The minimum Gasteiger partial charge on any atom is -0.507 e. The number of amides is 2. The minimum atomic E-state index is -0.702. The first-order chi connectivity index (χ1) is 19.6. The number of carbonyl (C=O) groups excluding carboxylic acids is 2. The molecule has 2 aromatic rings. The molecule has 2 N–H and O–H groups in total. The number of hydrogen-bond acceptors (Lipinski definition) is 8. The molecule has 2 amide bonds. The summed E-state index contributed by atoms with van der Waals surface area (Å²) >= 11 is 6.86. The zero-order valence-electron chi connectivity index (χ0n) is 23.0. The van der Waals surface area contributed by atoms with Gasteiger partial charge in [-0.05, 0) is 38.5 Å². The third kappa shape index (κ3) is 4.79. The molecule has 0 saturated carbocycles. The number of ether oxygens (including phenoxy) is 2. The number of rotatable bonds is 5. The fourth-order valence-corrected chi connectivity index (χ4v) is 6.56. The number of nitrogens with zero attached hydrogens (tertiary/aromatic N) is 4. The number of carbonyl (C=O) groups is 2. The average molecular weight is 586 g/mol. The highest BCUT2D eigenvalue weighted by Gasteiger charge is 2.46. The maximum Gasteiger partial charge on any atom is 0.261 e. The van der Waals surface area contributed by atoms with Gasteiger partial charge in [-0.25, -0.2) is 9.37 Å². The summed E-state index contributed by atoms with van der Waals surface area (Å²) in [5, 5.41) is 14.2. The van der Waals surface area contributed by atoms with Crippen LogP contribution in [0.3, 0.4) is 0 Å². The molecule has 1 unspecified atom stereocenters. The maximum absolute atomic E-state index is 15.2. The molecule has 1 aromatic heterocycles.